The lowest BCUT2D eigenvalue weighted by Crippen LogP contribution is -2.25. The first-order valence-electron chi connectivity index (χ1n) is 14.1. The molecule has 0 aliphatic heterocycles. The van der Waals surface area contributed by atoms with Gasteiger partial charge in [0.1, 0.15) is 5.82 Å². The molecule has 0 bridgehead atoms. The minimum absolute atomic E-state index is 0.616. The van der Waals surface area contributed by atoms with Gasteiger partial charge in [0.25, 0.3) is 0 Å². The van der Waals surface area contributed by atoms with Gasteiger partial charge in [0.2, 0.25) is 0 Å². The Morgan fingerprint density at radius 1 is 0.613 bits per heavy atom. The van der Waals surface area contributed by atoms with Crippen molar-refractivity contribution in [2.24, 2.45) is 23.7 Å². The third kappa shape index (κ3) is 6.32. The van der Waals surface area contributed by atoms with E-state index in [1.54, 1.807) is 0 Å². The van der Waals surface area contributed by atoms with Crippen molar-refractivity contribution in [3.63, 3.8) is 0 Å². The van der Waals surface area contributed by atoms with E-state index in [9.17, 15) is 0 Å². The van der Waals surface area contributed by atoms with E-state index in [4.69, 9.17) is 9.97 Å². The van der Waals surface area contributed by atoms with Gasteiger partial charge in [0.05, 0.1) is 0 Å². The summed E-state index contributed by atoms with van der Waals surface area (Å²) in [5.74, 6) is 6.50. The number of unbranched alkanes of at least 4 members (excludes halogenated alkanes) is 1. The van der Waals surface area contributed by atoms with E-state index < -0.39 is 0 Å². The molecule has 2 nitrogen and oxygen atoms in total. The number of nitrogens with zero attached hydrogens (tertiary/aromatic N) is 2. The number of aromatic nitrogens is 2. The van der Waals surface area contributed by atoms with E-state index in [0.717, 1.165) is 29.5 Å². The lowest BCUT2D eigenvalue weighted by Gasteiger charge is -2.38. The van der Waals surface area contributed by atoms with Crippen molar-refractivity contribution in [1.29, 1.82) is 0 Å². The molecule has 0 aromatic carbocycles. The molecule has 1 heterocycles. The van der Waals surface area contributed by atoms with Gasteiger partial charge < -0.3 is 0 Å². The van der Waals surface area contributed by atoms with Crippen molar-refractivity contribution in [3.8, 4) is 0 Å². The average Bonchev–Trinajstić information content (AvgIpc) is 2.84. The molecule has 1 aromatic heterocycles. The molecule has 0 N–H and O–H groups in total. The standard InChI is InChI=1S/C29H48N2/c1-3-5-7-23-10-14-27(15-11-23)29-30-20-28(21-31-29)26-18-16-25(17-19-26)24-12-8-22(6-4-2)9-13-24/h20-27H,3-19H2,1-2H3. The Hall–Kier alpha value is -0.920. The second kappa shape index (κ2) is 11.8. The number of hydrogen-bond acceptors (Lipinski definition) is 2. The predicted molar refractivity (Wildman–Crippen MR) is 131 cm³/mol. The molecule has 0 amide bonds. The van der Waals surface area contributed by atoms with Crippen molar-refractivity contribution in [1.82, 2.24) is 9.97 Å². The van der Waals surface area contributed by atoms with Crippen LogP contribution in [0.3, 0.4) is 0 Å². The highest BCUT2D eigenvalue weighted by Crippen LogP contribution is 2.44. The van der Waals surface area contributed by atoms with E-state index in [-0.39, 0.29) is 0 Å². The van der Waals surface area contributed by atoms with Gasteiger partial charge in [-0.3, -0.25) is 0 Å². The lowest BCUT2D eigenvalue weighted by molar-refractivity contribution is 0.156. The van der Waals surface area contributed by atoms with Crippen LogP contribution in [0.1, 0.15) is 146 Å². The largest absolute Gasteiger partial charge is 0.241 e. The molecule has 2 heteroatoms. The summed E-state index contributed by atoms with van der Waals surface area (Å²) < 4.78 is 0. The molecule has 4 rings (SSSR count). The summed E-state index contributed by atoms with van der Waals surface area (Å²) in [7, 11) is 0. The van der Waals surface area contributed by atoms with Crippen LogP contribution in [0.4, 0.5) is 0 Å². The Morgan fingerprint density at radius 3 is 1.71 bits per heavy atom. The molecule has 1 aromatic rings. The summed E-state index contributed by atoms with van der Waals surface area (Å²) in [4.78, 5) is 9.78. The van der Waals surface area contributed by atoms with Gasteiger partial charge >= 0.3 is 0 Å². The minimum atomic E-state index is 0.616. The van der Waals surface area contributed by atoms with Crippen LogP contribution in [0.2, 0.25) is 0 Å². The highest BCUT2D eigenvalue weighted by molar-refractivity contribution is 5.14. The van der Waals surface area contributed by atoms with E-state index >= 15 is 0 Å². The van der Waals surface area contributed by atoms with Crippen LogP contribution >= 0.6 is 0 Å². The maximum atomic E-state index is 4.89. The van der Waals surface area contributed by atoms with E-state index in [1.165, 1.54) is 115 Å². The van der Waals surface area contributed by atoms with Crippen LogP contribution < -0.4 is 0 Å². The minimum Gasteiger partial charge on any atom is -0.241 e. The van der Waals surface area contributed by atoms with Crippen LogP contribution in [0, 0.1) is 23.7 Å². The number of hydrogen-bond donors (Lipinski definition) is 0. The van der Waals surface area contributed by atoms with Gasteiger partial charge in [-0.1, -0.05) is 58.8 Å². The van der Waals surface area contributed by atoms with Crippen LogP contribution in [-0.4, -0.2) is 9.97 Å². The Balaban J connectivity index is 1.21. The topological polar surface area (TPSA) is 25.8 Å². The van der Waals surface area contributed by atoms with Crippen LogP contribution in [-0.2, 0) is 0 Å². The summed E-state index contributed by atoms with van der Waals surface area (Å²) in [6.07, 6.45) is 28.5. The van der Waals surface area contributed by atoms with Crippen molar-refractivity contribution < 1.29 is 0 Å². The fourth-order valence-corrected chi connectivity index (χ4v) is 7.25. The van der Waals surface area contributed by atoms with Gasteiger partial charge in [0.15, 0.2) is 0 Å². The molecule has 0 atom stereocenters. The highest BCUT2D eigenvalue weighted by Gasteiger charge is 2.31. The predicted octanol–water partition coefficient (Wildman–Crippen LogP) is 8.82. The molecule has 3 fully saturated rings. The molecule has 0 unspecified atom stereocenters. The highest BCUT2D eigenvalue weighted by atomic mass is 14.9. The molecule has 0 radical (unpaired) electrons. The van der Waals surface area contributed by atoms with Gasteiger partial charge in [-0.15, -0.1) is 0 Å². The smallest absolute Gasteiger partial charge is 0.131 e. The molecule has 3 aliphatic rings. The summed E-state index contributed by atoms with van der Waals surface area (Å²) in [5, 5.41) is 0. The number of rotatable bonds is 8. The fourth-order valence-electron chi connectivity index (χ4n) is 7.25. The summed E-state index contributed by atoms with van der Waals surface area (Å²) in [6.45, 7) is 4.66. The second-order valence-corrected chi connectivity index (χ2v) is 11.4. The summed E-state index contributed by atoms with van der Waals surface area (Å²) in [5.41, 5.74) is 1.42. The Labute approximate surface area is 192 Å². The maximum absolute atomic E-state index is 4.89. The maximum Gasteiger partial charge on any atom is 0.131 e. The third-order valence-electron chi connectivity index (χ3n) is 9.37. The quantitative estimate of drug-likeness (QED) is 0.416. The summed E-state index contributed by atoms with van der Waals surface area (Å²) in [6, 6.07) is 0. The Bertz CT molecular complexity index is 615. The van der Waals surface area contributed by atoms with Crippen LogP contribution in [0.15, 0.2) is 12.4 Å². The van der Waals surface area contributed by atoms with Crippen molar-refractivity contribution in [3.05, 3.63) is 23.8 Å². The van der Waals surface area contributed by atoms with Gasteiger partial charge in [-0.25, -0.2) is 9.97 Å². The molecular formula is C29H48N2. The SMILES string of the molecule is CCCCC1CCC(c2ncc(C3CCC(C4CCC(CCC)CC4)CC3)cn2)CC1. The second-order valence-electron chi connectivity index (χ2n) is 11.4. The zero-order valence-electron chi connectivity index (χ0n) is 20.5. The monoisotopic (exact) mass is 424 g/mol. The third-order valence-corrected chi connectivity index (χ3v) is 9.37. The normalized spacial score (nSPS) is 34.5. The first-order valence-corrected chi connectivity index (χ1v) is 14.1. The Morgan fingerprint density at radius 2 is 1.13 bits per heavy atom. The molecule has 3 aliphatic carbocycles. The van der Waals surface area contributed by atoms with E-state index in [1.807, 2.05) is 0 Å². The van der Waals surface area contributed by atoms with Crippen molar-refractivity contribution >= 4 is 0 Å². The first-order chi connectivity index (χ1) is 15.3. The zero-order valence-corrected chi connectivity index (χ0v) is 20.5. The van der Waals surface area contributed by atoms with Crippen molar-refractivity contribution in [2.75, 3.05) is 0 Å². The lowest BCUT2D eigenvalue weighted by atomic mass is 9.68. The Kier molecular flexibility index (Phi) is 8.85. The van der Waals surface area contributed by atoms with Crippen LogP contribution in [0.5, 0.6) is 0 Å². The van der Waals surface area contributed by atoms with Gasteiger partial charge in [-0.05, 0) is 99.4 Å². The van der Waals surface area contributed by atoms with Gasteiger partial charge in [-0.2, -0.15) is 0 Å². The van der Waals surface area contributed by atoms with Gasteiger partial charge in [0, 0.05) is 18.3 Å². The molecule has 174 valence electrons. The van der Waals surface area contributed by atoms with E-state index in [0.29, 0.717) is 11.8 Å². The average molecular weight is 425 g/mol. The molecule has 0 saturated heterocycles. The summed E-state index contributed by atoms with van der Waals surface area (Å²) >= 11 is 0. The fraction of sp³-hybridized carbons (Fsp3) is 0.862. The first kappa shape index (κ1) is 23.2. The van der Waals surface area contributed by atoms with Crippen molar-refractivity contribution in [2.45, 2.75) is 135 Å². The molecule has 31 heavy (non-hydrogen) atoms. The van der Waals surface area contributed by atoms with Crippen LogP contribution in [0.25, 0.3) is 0 Å². The van der Waals surface area contributed by atoms with E-state index in [2.05, 4.69) is 26.2 Å². The molecule has 0 spiro atoms. The molecular weight excluding hydrogens is 376 g/mol. The zero-order chi connectivity index (χ0) is 21.5. The molecule has 3 saturated carbocycles.